The molecule has 1 saturated carbocycles. The Morgan fingerprint density at radius 1 is 1.25 bits per heavy atom. The van der Waals surface area contributed by atoms with Crippen molar-refractivity contribution in [3.8, 4) is 0 Å². The lowest BCUT2D eigenvalue weighted by Crippen LogP contribution is -2.46. The van der Waals surface area contributed by atoms with Crippen LogP contribution in [0.1, 0.15) is 50.2 Å². The number of Topliss-reactive ketones (excluding diaryl/α,β-unsaturated/α-hetero) is 1. The summed E-state index contributed by atoms with van der Waals surface area (Å²) in [7, 11) is 0. The Hall–Kier alpha value is -2.01. The summed E-state index contributed by atoms with van der Waals surface area (Å²) in [5, 5.41) is 0. The summed E-state index contributed by atoms with van der Waals surface area (Å²) in [6.07, 6.45) is 4.32. The van der Waals surface area contributed by atoms with E-state index in [1.807, 2.05) is 32.0 Å². The van der Waals surface area contributed by atoms with Crippen molar-refractivity contribution in [1.29, 1.82) is 0 Å². The predicted molar refractivity (Wildman–Crippen MR) is 95.3 cm³/mol. The van der Waals surface area contributed by atoms with Gasteiger partial charge in [0.1, 0.15) is 0 Å². The normalized spacial score (nSPS) is 22.0. The molecule has 0 aromatic heterocycles. The average molecular weight is 327 g/mol. The van der Waals surface area contributed by atoms with Gasteiger partial charge in [-0.25, -0.2) is 0 Å². The third-order valence-electron chi connectivity index (χ3n) is 5.12. The third kappa shape index (κ3) is 3.13. The number of nitrogens with two attached hydrogens (primary N) is 1. The van der Waals surface area contributed by atoms with Crippen LogP contribution in [-0.4, -0.2) is 30.1 Å². The van der Waals surface area contributed by atoms with Crippen molar-refractivity contribution in [3.05, 3.63) is 29.3 Å². The van der Waals surface area contributed by atoms with E-state index >= 15 is 0 Å². The number of nitrogens with zero attached hydrogens (tertiary/aromatic N) is 2. The van der Waals surface area contributed by atoms with Crippen LogP contribution in [0.25, 0.3) is 0 Å². The van der Waals surface area contributed by atoms with E-state index in [-0.39, 0.29) is 24.2 Å². The Morgan fingerprint density at radius 2 is 1.96 bits per heavy atom. The van der Waals surface area contributed by atoms with Crippen molar-refractivity contribution in [3.63, 3.8) is 0 Å². The van der Waals surface area contributed by atoms with Crippen molar-refractivity contribution >= 4 is 23.1 Å². The number of benzene rings is 1. The van der Waals surface area contributed by atoms with Crippen molar-refractivity contribution in [2.45, 2.75) is 52.1 Å². The molecule has 3 rings (SSSR count). The number of para-hydroxylation sites is 1. The van der Waals surface area contributed by atoms with Gasteiger partial charge in [-0.15, -0.1) is 0 Å². The maximum Gasteiger partial charge on any atom is 0.266 e. The van der Waals surface area contributed by atoms with E-state index in [1.54, 1.807) is 4.90 Å². The first-order chi connectivity index (χ1) is 11.5. The highest BCUT2D eigenvalue weighted by Gasteiger charge is 2.32. The number of carbonyl (C=O) groups excluding carboxylic acids is 2. The average Bonchev–Trinajstić information content (AvgIpc) is 2.67. The number of rotatable bonds is 3. The van der Waals surface area contributed by atoms with Crippen LogP contribution < -0.4 is 10.6 Å². The topological polar surface area (TPSA) is 75.8 Å². The summed E-state index contributed by atoms with van der Waals surface area (Å²) >= 11 is 0. The van der Waals surface area contributed by atoms with E-state index in [4.69, 9.17) is 5.73 Å². The lowest BCUT2D eigenvalue weighted by atomic mass is 9.86. The maximum absolute atomic E-state index is 12.8. The van der Waals surface area contributed by atoms with Crippen molar-refractivity contribution in [1.82, 2.24) is 0 Å². The van der Waals surface area contributed by atoms with Gasteiger partial charge in [-0.1, -0.05) is 37.5 Å². The first-order valence-electron chi connectivity index (χ1n) is 8.73. The first-order valence-corrected chi connectivity index (χ1v) is 8.73. The molecule has 2 N–H and O–H groups in total. The highest BCUT2D eigenvalue weighted by molar-refractivity contribution is 6.13. The molecule has 0 spiro atoms. The quantitative estimate of drug-likeness (QED) is 0.927. The zero-order valence-electron chi connectivity index (χ0n) is 14.4. The second-order valence-corrected chi connectivity index (χ2v) is 6.86. The molecule has 0 saturated heterocycles. The second kappa shape index (κ2) is 6.85. The fourth-order valence-electron chi connectivity index (χ4n) is 3.78. The molecular formula is C19H25N3O2. The molecule has 1 aromatic carbocycles. The molecule has 1 aliphatic heterocycles. The Balaban J connectivity index is 1.95. The third-order valence-corrected chi connectivity index (χ3v) is 5.12. The number of benzodiazepines with no additional fused rings is 1. The van der Waals surface area contributed by atoms with Crippen LogP contribution in [-0.2, 0) is 9.59 Å². The molecule has 24 heavy (non-hydrogen) atoms. The van der Waals surface area contributed by atoms with Crippen LogP contribution in [0.5, 0.6) is 0 Å². The molecule has 1 amide bonds. The molecule has 128 valence electrons. The summed E-state index contributed by atoms with van der Waals surface area (Å²) in [6, 6.07) is 5.83. The predicted octanol–water partition coefficient (Wildman–Crippen LogP) is 2.58. The molecule has 5 heteroatoms. The lowest BCUT2D eigenvalue weighted by molar-refractivity contribution is -0.125. The summed E-state index contributed by atoms with van der Waals surface area (Å²) in [5.41, 5.74) is 9.31. The molecule has 0 bridgehead atoms. The van der Waals surface area contributed by atoms with E-state index in [1.165, 1.54) is 6.42 Å². The van der Waals surface area contributed by atoms with Crippen LogP contribution >= 0.6 is 0 Å². The van der Waals surface area contributed by atoms with Gasteiger partial charge in [0.2, 0.25) is 0 Å². The van der Waals surface area contributed by atoms with Crippen molar-refractivity contribution in [2.75, 3.05) is 11.4 Å². The summed E-state index contributed by atoms with van der Waals surface area (Å²) in [6.45, 7) is 3.91. The fraction of sp³-hybridized carbons (Fsp3) is 0.526. The monoisotopic (exact) mass is 327 g/mol. The molecule has 1 fully saturated rings. The van der Waals surface area contributed by atoms with Crippen molar-refractivity contribution in [2.24, 2.45) is 16.6 Å². The minimum atomic E-state index is -0.948. The Morgan fingerprint density at radius 3 is 2.67 bits per heavy atom. The van der Waals surface area contributed by atoms with Gasteiger partial charge in [0.05, 0.1) is 12.2 Å². The second-order valence-electron chi connectivity index (χ2n) is 6.86. The van der Waals surface area contributed by atoms with Crippen LogP contribution in [0, 0.1) is 12.8 Å². The highest BCUT2D eigenvalue weighted by Crippen LogP contribution is 2.31. The highest BCUT2D eigenvalue weighted by atomic mass is 16.2. The molecule has 1 unspecified atom stereocenters. The van der Waals surface area contributed by atoms with Gasteiger partial charge in [0.25, 0.3) is 5.91 Å². The number of carbonyl (C=O) groups is 2. The Bertz CT molecular complexity index is 690. The van der Waals surface area contributed by atoms with E-state index in [2.05, 4.69) is 4.99 Å². The summed E-state index contributed by atoms with van der Waals surface area (Å²) in [5.74, 6) is -0.0870. The smallest absolute Gasteiger partial charge is 0.266 e. The van der Waals surface area contributed by atoms with Gasteiger partial charge in [0.15, 0.2) is 11.9 Å². The maximum atomic E-state index is 12.8. The number of anilines is 1. The van der Waals surface area contributed by atoms with Gasteiger partial charge < -0.3 is 10.6 Å². The van der Waals surface area contributed by atoms with E-state index in [0.717, 1.165) is 48.2 Å². The SMILES string of the molecule is CC1=NC(N)C(=O)N(CC(=O)C2CCCCC2)c2c(C)cccc21. The van der Waals surface area contributed by atoms with Crippen LogP contribution in [0.15, 0.2) is 23.2 Å². The number of hydrogen-bond acceptors (Lipinski definition) is 4. The molecule has 2 aliphatic rings. The van der Waals surface area contributed by atoms with Crippen LogP contribution in [0.2, 0.25) is 0 Å². The Kier molecular flexibility index (Phi) is 4.81. The van der Waals surface area contributed by atoms with Gasteiger partial charge in [-0.3, -0.25) is 14.6 Å². The van der Waals surface area contributed by atoms with E-state index in [9.17, 15) is 9.59 Å². The number of amides is 1. The molecular weight excluding hydrogens is 302 g/mol. The summed E-state index contributed by atoms with van der Waals surface area (Å²) < 4.78 is 0. The molecule has 1 heterocycles. The van der Waals surface area contributed by atoms with Gasteiger partial charge in [0, 0.05) is 17.2 Å². The zero-order chi connectivity index (χ0) is 17.3. The molecule has 1 atom stereocenters. The Labute approximate surface area is 142 Å². The molecule has 5 nitrogen and oxygen atoms in total. The lowest BCUT2D eigenvalue weighted by Gasteiger charge is -2.28. The van der Waals surface area contributed by atoms with Gasteiger partial charge >= 0.3 is 0 Å². The summed E-state index contributed by atoms with van der Waals surface area (Å²) in [4.78, 5) is 31.4. The van der Waals surface area contributed by atoms with Crippen molar-refractivity contribution < 1.29 is 9.59 Å². The van der Waals surface area contributed by atoms with Crippen LogP contribution in [0.4, 0.5) is 5.69 Å². The van der Waals surface area contributed by atoms with E-state index < -0.39 is 6.17 Å². The standard InChI is InChI=1S/C19H25N3O2/c1-12-7-6-10-15-13(2)21-18(20)19(24)22(17(12)15)11-16(23)14-8-4-3-5-9-14/h6-7,10,14,18H,3-5,8-9,11,20H2,1-2H3. The van der Waals surface area contributed by atoms with Gasteiger partial charge in [-0.05, 0) is 32.3 Å². The van der Waals surface area contributed by atoms with Gasteiger partial charge in [-0.2, -0.15) is 0 Å². The van der Waals surface area contributed by atoms with Crippen LogP contribution in [0.3, 0.4) is 0 Å². The number of aryl methyl sites for hydroxylation is 1. The molecule has 1 aliphatic carbocycles. The number of fused-ring (bicyclic) bond motifs is 1. The largest absolute Gasteiger partial charge is 0.302 e. The minimum Gasteiger partial charge on any atom is -0.302 e. The first kappa shape index (κ1) is 16.8. The minimum absolute atomic E-state index is 0.0699. The molecule has 1 aromatic rings. The number of hydrogen-bond donors (Lipinski definition) is 1. The number of ketones is 1. The molecule has 0 radical (unpaired) electrons. The van der Waals surface area contributed by atoms with E-state index in [0.29, 0.717) is 0 Å². The number of aliphatic imine (C=N–C) groups is 1. The fourth-order valence-corrected chi connectivity index (χ4v) is 3.78. The zero-order valence-corrected chi connectivity index (χ0v) is 14.4.